The topological polar surface area (TPSA) is 96.8 Å². The van der Waals surface area contributed by atoms with Gasteiger partial charge >= 0.3 is 11.9 Å². The number of carboxylic acids is 1. The van der Waals surface area contributed by atoms with Crippen LogP contribution in [0.2, 0.25) is 0 Å². The minimum absolute atomic E-state index is 0.191. The van der Waals surface area contributed by atoms with Gasteiger partial charge in [-0.1, -0.05) is 0 Å². The van der Waals surface area contributed by atoms with Crippen LogP contribution >= 0.6 is 0 Å². The van der Waals surface area contributed by atoms with Crippen molar-refractivity contribution in [3.8, 4) is 0 Å². The Bertz CT molecular complexity index is 663. The number of hydrogen-bond acceptors (Lipinski definition) is 6. The third-order valence-corrected chi connectivity index (χ3v) is 4.21. The second-order valence-electron chi connectivity index (χ2n) is 5.87. The van der Waals surface area contributed by atoms with Gasteiger partial charge in [0, 0.05) is 13.1 Å². The molecule has 1 aliphatic heterocycles. The van der Waals surface area contributed by atoms with Crippen LogP contribution in [0.4, 0.5) is 5.82 Å². The molecular weight excluding hydrogens is 312 g/mol. The van der Waals surface area contributed by atoms with E-state index in [1.807, 2.05) is 4.90 Å². The molecular formula is C17H22N2O5. The molecule has 0 unspecified atom stereocenters. The number of aliphatic carboxylic acids is 1. The Hall–Kier alpha value is -2.44. The van der Waals surface area contributed by atoms with Crippen LogP contribution in [0.15, 0.2) is 6.07 Å². The zero-order valence-electron chi connectivity index (χ0n) is 14.2. The number of carbonyl (C=O) groups excluding carboxylic acids is 2. The van der Waals surface area contributed by atoms with E-state index < -0.39 is 11.9 Å². The van der Waals surface area contributed by atoms with Gasteiger partial charge in [0.1, 0.15) is 5.82 Å². The summed E-state index contributed by atoms with van der Waals surface area (Å²) >= 11 is 0. The number of aryl methyl sites for hydroxylation is 1. The fraction of sp³-hybridized carbons (Fsp3) is 0.529. The van der Waals surface area contributed by atoms with Gasteiger partial charge in [0.25, 0.3) is 0 Å². The maximum atomic E-state index is 12.0. The van der Waals surface area contributed by atoms with Gasteiger partial charge in [-0.25, -0.2) is 9.78 Å². The Balaban J connectivity index is 2.33. The number of ketones is 1. The van der Waals surface area contributed by atoms with Crippen LogP contribution < -0.4 is 4.90 Å². The molecule has 1 aromatic rings. The van der Waals surface area contributed by atoms with Crippen molar-refractivity contribution >= 4 is 23.5 Å². The minimum atomic E-state index is -0.789. The number of anilines is 1. The summed E-state index contributed by atoms with van der Waals surface area (Å²) in [5.74, 6) is -1.33. The zero-order valence-corrected chi connectivity index (χ0v) is 14.2. The summed E-state index contributed by atoms with van der Waals surface area (Å²) in [6.07, 6.45) is 1.01. The van der Waals surface area contributed by atoms with Crippen molar-refractivity contribution < 1.29 is 24.2 Å². The number of pyridine rings is 1. The highest BCUT2D eigenvalue weighted by Crippen LogP contribution is 2.27. The van der Waals surface area contributed by atoms with Crippen molar-refractivity contribution in [3.63, 3.8) is 0 Å². The smallest absolute Gasteiger partial charge is 0.339 e. The fourth-order valence-corrected chi connectivity index (χ4v) is 2.85. The number of carboxylic acid groups (broad SMARTS) is 1. The summed E-state index contributed by atoms with van der Waals surface area (Å²) in [5, 5.41) is 9.09. The highest BCUT2D eigenvalue weighted by molar-refractivity contribution is 6.02. The lowest BCUT2D eigenvalue weighted by Crippen LogP contribution is -2.37. The number of carbonyl (C=O) groups is 3. The molecule has 130 valence electrons. The van der Waals surface area contributed by atoms with Gasteiger partial charge in [0.2, 0.25) is 0 Å². The molecule has 0 aromatic carbocycles. The third kappa shape index (κ3) is 3.72. The second-order valence-corrected chi connectivity index (χ2v) is 5.87. The number of aromatic nitrogens is 1. The molecule has 0 aliphatic carbocycles. The van der Waals surface area contributed by atoms with E-state index in [2.05, 4.69) is 4.98 Å². The maximum Gasteiger partial charge on any atom is 0.339 e. The van der Waals surface area contributed by atoms with Crippen molar-refractivity contribution in [2.45, 2.75) is 33.6 Å². The van der Waals surface area contributed by atoms with Crippen LogP contribution in [0.3, 0.4) is 0 Å². The molecule has 1 aromatic heterocycles. The van der Waals surface area contributed by atoms with Crippen LogP contribution in [0.1, 0.15) is 53.1 Å². The second kappa shape index (κ2) is 7.42. The van der Waals surface area contributed by atoms with Crippen LogP contribution in [0.25, 0.3) is 0 Å². The van der Waals surface area contributed by atoms with Crippen LogP contribution in [0.5, 0.6) is 0 Å². The maximum absolute atomic E-state index is 12.0. The van der Waals surface area contributed by atoms with Gasteiger partial charge in [-0.2, -0.15) is 0 Å². The Morgan fingerprint density at radius 3 is 2.42 bits per heavy atom. The first-order chi connectivity index (χ1) is 11.3. The van der Waals surface area contributed by atoms with E-state index in [1.165, 1.54) is 13.0 Å². The van der Waals surface area contributed by atoms with Gasteiger partial charge in [-0.15, -0.1) is 0 Å². The lowest BCUT2D eigenvalue weighted by atomic mass is 9.96. The zero-order chi connectivity index (χ0) is 17.9. The predicted octanol–water partition coefficient (Wildman–Crippen LogP) is 2.07. The molecule has 0 amide bonds. The highest BCUT2D eigenvalue weighted by atomic mass is 16.5. The molecule has 1 aliphatic rings. The number of Topliss-reactive ketones (excluding diaryl/α,β-unsaturated/α-hetero) is 1. The Kier molecular flexibility index (Phi) is 5.54. The highest BCUT2D eigenvalue weighted by Gasteiger charge is 2.28. The first kappa shape index (κ1) is 17.9. The fourth-order valence-electron chi connectivity index (χ4n) is 2.85. The quantitative estimate of drug-likeness (QED) is 0.650. The molecule has 1 saturated heterocycles. The van der Waals surface area contributed by atoms with Crippen molar-refractivity contribution in [1.82, 2.24) is 4.98 Å². The third-order valence-electron chi connectivity index (χ3n) is 4.21. The van der Waals surface area contributed by atoms with Gasteiger partial charge < -0.3 is 14.7 Å². The van der Waals surface area contributed by atoms with Crippen molar-refractivity contribution in [2.24, 2.45) is 5.92 Å². The number of nitrogens with zero attached hydrogens (tertiary/aromatic N) is 2. The number of ether oxygens (including phenoxy) is 1. The largest absolute Gasteiger partial charge is 0.481 e. The molecule has 24 heavy (non-hydrogen) atoms. The molecule has 0 spiro atoms. The molecule has 2 heterocycles. The van der Waals surface area contributed by atoms with E-state index in [-0.39, 0.29) is 23.9 Å². The Morgan fingerprint density at radius 1 is 1.29 bits per heavy atom. The first-order valence-corrected chi connectivity index (χ1v) is 8.02. The van der Waals surface area contributed by atoms with E-state index in [4.69, 9.17) is 9.84 Å². The number of piperidine rings is 1. The van der Waals surface area contributed by atoms with Gasteiger partial charge in [-0.3, -0.25) is 9.59 Å². The average molecular weight is 334 g/mol. The number of rotatable bonds is 5. The van der Waals surface area contributed by atoms with Crippen LogP contribution in [-0.2, 0) is 9.53 Å². The molecule has 1 N–H and O–H groups in total. The minimum Gasteiger partial charge on any atom is -0.481 e. The molecule has 0 bridgehead atoms. The molecule has 0 radical (unpaired) electrons. The van der Waals surface area contributed by atoms with E-state index in [9.17, 15) is 14.4 Å². The Labute approximate surface area is 140 Å². The number of hydrogen-bond donors (Lipinski definition) is 1. The van der Waals surface area contributed by atoms with Crippen LogP contribution in [0, 0.1) is 12.8 Å². The van der Waals surface area contributed by atoms with E-state index in [0.29, 0.717) is 43.0 Å². The van der Waals surface area contributed by atoms with Crippen molar-refractivity contribution in [3.05, 3.63) is 22.9 Å². The molecule has 2 rings (SSSR count). The summed E-state index contributed by atoms with van der Waals surface area (Å²) in [5.41, 5.74) is 1.14. The number of esters is 1. The lowest BCUT2D eigenvalue weighted by molar-refractivity contribution is -0.142. The van der Waals surface area contributed by atoms with E-state index in [1.54, 1.807) is 13.8 Å². The van der Waals surface area contributed by atoms with E-state index >= 15 is 0 Å². The molecule has 0 atom stereocenters. The summed E-state index contributed by atoms with van der Waals surface area (Å²) in [6.45, 7) is 6.12. The molecule has 7 nitrogen and oxygen atoms in total. The van der Waals surface area contributed by atoms with Gasteiger partial charge in [0.15, 0.2) is 5.78 Å². The predicted molar refractivity (Wildman–Crippen MR) is 87.5 cm³/mol. The summed E-state index contributed by atoms with van der Waals surface area (Å²) in [4.78, 5) is 41.4. The van der Waals surface area contributed by atoms with Crippen LogP contribution in [-0.4, -0.2) is 47.5 Å². The summed E-state index contributed by atoms with van der Waals surface area (Å²) < 4.78 is 5.00. The average Bonchev–Trinajstić information content (AvgIpc) is 2.54. The lowest BCUT2D eigenvalue weighted by Gasteiger charge is -2.32. The van der Waals surface area contributed by atoms with Crippen molar-refractivity contribution in [2.75, 3.05) is 24.6 Å². The first-order valence-electron chi connectivity index (χ1n) is 8.02. The monoisotopic (exact) mass is 334 g/mol. The Morgan fingerprint density at radius 2 is 1.92 bits per heavy atom. The standard InChI is InChI=1S/C17H22N2O5/c1-4-24-17(23)13-9-14(11(3)20)15(18-10(13)2)19-7-5-12(6-8-19)16(21)22/h9,12H,4-8H2,1-3H3,(H,21,22). The van der Waals surface area contributed by atoms with Gasteiger partial charge in [0.05, 0.1) is 29.3 Å². The normalized spacial score (nSPS) is 15.2. The summed E-state index contributed by atoms with van der Waals surface area (Å²) in [7, 11) is 0. The molecule has 1 fully saturated rings. The molecule has 0 saturated carbocycles. The summed E-state index contributed by atoms with van der Waals surface area (Å²) in [6, 6.07) is 1.53. The SMILES string of the molecule is CCOC(=O)c1cc(C(C)=O)c(N2CCC(C(=O)O)CC2)nc1C. The molecule has 7 heteroatoms. The van der Waals surface area contributed by atoms with Gasteiger partial charge in [-0.05, 0) is 39.7 Å². The van der Waals surface area contributed by atoms with E-state index in [0.717, 1.165) is 0 Å². The van der Waals surface area contributed by atoms with Crippen molar-refractivity contribution in [1.29, 1.82) is 0 Å².